The SMILES string of the molecule is COc1cc2c(cc1OCCCC(=O)Nc1cc(C(=O)Cc3cc(C(=O)N4CCOCC4)n(C)c3)n(C)c1)N=C[C@@H]1CCCN1C2=O. The Morgan fingerprint density at radius 3 is 2.57 bits per heavy atom. The van der Waals surface area contributed by atoms with Crippen LogP contribution < -0.4 is 14.8 Å². The third-order valence-corrected chi connectivity index (χ3v) is 8.78. The molecule has 47 heavy (non-hydrogen) atoms. The molecular formula is C34H40N6O7. The minimum Gasteiger partial charge on any atom is -0.493 e. The van der Waals surface area contributed by atoms with Crippen molar-refractivity contribution in [3.8, 4) is 11.5 Å². The Hall–Kier alpha value is -4.91. The van der Waals surface area contributed by atoms with Gasteiger partial charge >= 0.3 is 0 Å². The second kappa shape index (κ2) is 13.8. The van der Waals surface area contributed by atoms with Gasteiger partial charge in [-0.1, -0.05) is 0 Å². The Bertz CT molecular complexity index is 1720. The summed E-state index contributed by atoms with van der Waals surface area (Å²) in [6.45, 7) is 3.10. The van der Waals surface area contributed by atoms with E-state index in [2.05, 4.69) is 10.3 Å². The fourth-order valence-corrected chi connectivity index (χ4v) is 6.32. The Kier molecular flexibility index (Phi) is 9.43. The lowest BCUT2D eigenvalue weighted by atomic mass is 10.1. The summed E-state index contributed by atoms with van der Waals surface area (Å²) in [7, 11) is 5.07. The van der Waals surface area contributed by atoms with E-state index in [0.717, 1.165) is 18.4 Å². The number of fused-ring (bicyclic) bond motifs is 2. The van der Waals surface area contributed by atoms with E-state index >= 15 is 0 Å². The van der Waals surface area contributed by atoms with Gasteiger partial charge in [0, 0.05) is 71.2 Å². The van der Waals surface area contributed by atoms with Crippen molar-refractivity contribution in [1.82, 2.24) is 18.9 Å². The molecule has 13 nitrogen and oxygen atoms in total. The number of anilines is 1. The second-order valence-corrected chi connectivity index (χ2v) is 12.1. The molecule has 1 aromatic carbocycles. The van der Waals surface area contributed by atoms with Gasteiger partial charge in [-0.25, -0.2) is 0 Å². The van der Waals surface area contributed by atoms with Gasteiger partial charge in [-0.3, -0.25) is 24.2 Å². The molecule has 0 spiro atoms. The number of aromatic nitrogens is 2. The molecule has 0 unspecified atom stereocenters. The van der Waals surface area contributed by atoms with Crippen LogP contribution in [0.15, 0.2) is 41.7 Å². The highest BCUT2D eigenvalue weighted by Gasteiger charge is 2.32. The highest BCUT2D eigenvalue weighted by atomic mass is 16.5. The number of nitrogens with one attached hydrogen (secondary N) is 1. The van der Waals surface area contributed by atoms with Crippen LogP contribution in [0.5, 0.6) is 11.5 Å². The normalized spacial score (nSPS) is 17.3. The maximum atomic E-state index is 13.2. The first kappa shape index (κ1) is 32.0. The fraction of sp³-hybridized carbons (Fsp3) is 0.441. The zero-order valence-corrected chi connectivity index (χ0v) is 27.0. The number of carbonyl (C=O) groups is 4. The van der Waals surface area contributed by atoms with Gasteiger partial charge in [-0.2, -0.15) is 0 Å². The van der Waals surface area contributed by atoms with Crippen molar-refractivity contribution in [2.24, 2.45) is 19.1 Å². The molecular weight excluding hydrogens is 604 g/mol. The summed E-state index contributed by atoms with van der Waals surface area (Å²) in [5, 5.41) is 2.86. The summed E-state index contributed by atoms with van der Waals surface area (Å²) in [5.74, 6) is 0.423. The molecule has 0 saturated carbocycles. The number of aliphatic imine (C=N–C) groups is 1. The summed E-state index contributed by atoms with van der Waals surface area (Å²) in [6.07, 6.45) is 7.95. The molecule has 3 amide bonds. The van der Waals surface area contributed by atoms with Gasteiger partial charge in [-0.05, 0) is 43.0 Å². The number of benzene rings is 1. The van der Waals surface area contributed by atoms with Crippen LogP contribution in [-0.4, -0.2) is 101 Å². The van der Waals surface area contributed by atoms with E-state index in [1.807, 2.05) is 11.1 Å². The van der Waals surface area contributed by atoms with E-state index < -0.39 is 0 Å². The van der Waals surface area contributed by atoms with Gasteiger partial charge in [0.2, 0.25) is 5.91 Å². The number of hydrogen-bond donors (Lipinski definition) is 1. The Morgan fingerprint density at radius 2 is 1.79 bits per heavy atom. The van der Waals surface area contributed by atoms with Crippen LogP contribution in [-0.2, 0) is 30.0 Å². The monoisotopic (exact) mass is 644 g/mol. The van der Waals surface area contributed by atoms with Gasteiger partial charge in [-0.15, -0.1) is 0 Å². The van der Waals surface area contributed by atoms with Gasteiger partial charge in [0.15, 0.2) is 17.3 Å². The molecule has 1 atom stereocenters. The molecule has 248 valence electrons. The lowest BCUT2D eigenvalue weighted by Crippen LogP contribution is -2.41. The second-order valence-electron chi connectivity index (χ2n) is 12.1. The van der Waals surface area contributed by atoms with Gasteiger partial charge in [0.25, 0.3) is 11.8 Å². The maximum Gasteiger partial charge on any atom is 0.270 e. The van der Waals surface area contributed by atoms with Crippen LogP contribution in [0.2, 0.25) is 0 Å². The van der Waals surface area contributed by atoms with Gasteiger partial charge in [0.05, 0.1) is 55.6 Å². The number of rotatable bonds is 11. The molecule has 3 aliphatic heterocycles. The van der Waals surface area contributed by atoms with E-state index in [1.165, 1.54) is 7.11 Å². The average Bonchev–Trinajstić information content (AvgIpc) is 3.77. The summed E-state index contributed by atoms with van der Waals surface area (Å²) in [5.41, 5.74) is 3.27. The molecule has 13 heteroatoms. The highest BCUT2D eigenvalue weighted by molar-refractivity contribution is 6.03. The lowest BCUT2D eigenvalue weighted by Gasteiger charge is -2.26. The van der Waals surface area contributed by atoms with Crippen molar-refractivity contribution in [3.05, 3.63) is 59.2 Å². The van der Waals surface area contributed by atoms with E-state index in [9.17, 15) is 19.2 Å². The predicted octanol–water partition coefficient (Wildman–Crippen LogP) is 3.39. The number of ketones is 1. The topological polar surface area (TPSA) is 137 Å². The maximum absolute atomic E-state index is 13.2. The number of ether oxygens (including phenoxy) is 3. The number of nitrogens with zero attached hydrogens (tertiary/aromatic N) is 5. The van der Waals surface area contributed by atoms with Gasteiger partial charge in [0.1, 0.15) is 5.69 Å². The number of morpholine rings is 1. The van der Waals surface area contributed by atoms with Gasteiger partial charge < -0.3 is 38.5 Å². The molecule has 5 heterocycles. The molecule has 2 saturated heterocycles. The quantitative estimate of drug-likeness (QED) is 0.250. The minimum atomic E-state index is -0.211. The molecule has 3 aliphatic rings. The summed E-state index contributed by atoms with van der Waals surface area (Å²) < 4.78 is 20.2. The van der Waals surface area contributed by atoms with Crippen LogP contribution in [0.3, 0.4) is 0 Å². The number of amides is 3. The number of methoxy groups -OCH3 is 1. The van der Waals surface area contributed by atoms with E-state index in [4.69, 9.17) is 14.2 Å². The van der Waals surface area contributed by atoms with Crippen LogP contribution in [0.25, 0.3) is 0 Å². The standard InChI is InChI=1S/C34H40N6O7/c1-37-20-22(14-28(37)34(44)39-9-12-46-13-10-39)15-29(41)27-16-23(21-38(27)2)36-32(42)7-5-11-47-31-18-26-25(17-30(31)45-3)33(43)40-8-4-6-24(40)19-35-26/h14,16-21,24H,4-13,15H2,1-3H3,(H,36,42)/t24-/m0/s1. The van der Waals surface area contributed by atoms with E-state index in [-0.39, 0.29) is 49.0 Å². The van der Waals surface area contributed by atoms with Crippen molar-refractivity contribution in [2.75, 3.05) is 51.9 Å². The minimum absolute atomic E-state index is 0.0114. The molecule has 0 bridgehead atoms. The van der Waals surface area contributed by atoms with Crippen LogP contribution in [0.1, 0.15) is 62.6 Å². The summed E-state index contributed by atoms with van der Waals surface area (Å²) in [6, 6.07) is 6.82. The largest absolute Gasteiger partial charge is 0.493 e. The zero-order chi connectivity index (χ0) is 33.1. The first-order valence-electron chi connectivity index (χ1n) is 15.9. The third-order valence-electron chi connectivity index (χ3n) is 8.78. The third kappa shape index (κ3) is 6.94. The first-order chi connectivity index (χ1) is 22.7. The van der Waals surface area contributed by atoms with Crippen molar-refractivity contribution in [3.63, 3.8) is 0 Å². The molecule has 0 radical (unpaired) electrons. The molecule has 3 aromatic rings. The van der Waals surface area contributed by atoms with Crippen LogP contribution >= 0.6 is 0 Å². The number of Topliss-reactive ketones (excluding diaryl/α,β-unsaturated/α-hetero) is 1. The Labute approximate surface area is 273 Å². The van der Waals surface area contributed by atoms with E-state index in [0.29, 0.717) is 79.1 Å². The fourth-order valence-electron chi connectivity index (χ4n) is 6.32. The van der Waals surface area contributed by atoms with Crippen molar-refractivity contribution >= 4 is 41.1 Å². The smallest absolute Gasteiger partial charge is 0.270 e. The lowest BCUT2D eigenvalue weighted by molar-refractivity contribution is -0.116. The van der Waals surface area contributed by atoms with Crippen molar-refractivity contribution < 1.29 is 33.4 Å². The van der Waals surface area contributed by atoms with E-state index in [1.54, 1.807) is 64.8 Å². The Balaban J connectivity index is 1.00. The molecule has 2 fully saturated rings. The van der Waals surface area contributed by atoms with Crippen molar-refractivity contribution in [1.29, 1.82) is 0 Å². The molecule has 2 aromatic heterocycles. The number of hydrogen-bond acceptors (Lipinski definition) is 8. The zero-order valence-electron chi connectivity index (χ0n) is 27.0. The Morgan fingerprint density at radius 1 is 1.00 bits per heavy atom. The molecule has 0 aliphatic carbocycles. The summed E-state index contributed by atoms with van der Waals surface area (Å²) in [4.78, 5) is 60.1. The van der Waals surface area contributed by atoms with Crippen LogP contribution in [0, 0.1) is 0 Å². The predicted molar refractivity (Wildman–Crippen MR) is 174 cm³/mol. The highest BCUT2D eigenvalue weighted by Crippen LogP contribution is 2.38. The van der Waals surface area contributed by atoms with Crippen LogP contribution in [0.4, 0.5) is 11.4 Å². The number of carbonyl (C=O) groups excluding carboxylic acids is 4. The molecule has 1 N–H and O–H groups in total. The average molecular weight is 645 g/mol. The summed E-state index contributed by atoms with van der Waals surface area (Å²) >= 11 is 0. The first-order valence-corrected chi connectivity index (χ1v) is 15.9. The number of aryl methyl sites for hydroxylation is 2. The molecule has 6 rings (SSSR count). The van der Waals surface area contributed by atoms with Crippen molar-refractivity contribution in [2.45, 2.75) is 38.1 Å².